The highest BCUT2D eigenvalue weighted by molar-refractivity contribution is 7.99. The largest absolute Gasteiger partial charge is 0.330 e. The molecule has 0 aliphatic rings. The van der Waals surface area contributed by atoms with Gasteiger partial charge in [-0.25, -0.2) is 0 Å². The summed E-state index contributed by atoms with van der Waals surface area (Å²) >= 11 is 2.02. The zero-order valence-corrected chi connectivity index (χ0v) is 11.7. The molecule has 0 heterocycles. The van der Waals surface area contributed by atoms with E-state index in [0.717, 1.165) is 13.1 Å². The summed E-state index contributed by atoms with van der Waals surface area (Å²) in [6.45, 7) is 13.3. The Morgan fingerprint density at radius 3 is 2.33 bits per heavy atom. The van der Waals surface area contributed by atoms with Crippen LogP contribution in [-0.4, -0.2) is 42.6 Å². The summed E-state index contributed by atoms with van der Waals surface area (Å²) in [5.41, 5.74) is 6.03. The first-order valence-electron chi connectivity index (χ1n) is 6.06. The molecule has 0 saturated heterocycles. The van der Waals surface area contributed by atoms with Crippen molar-refractivity contribution in [1.29, 1.82) is 0 Å². The Bertz CT molecular complexity index is 149. The maximum absolute atomic E-state index is 5.77. The number of hydrogen-bond acceptors (Lipinski definition) is 3. The molecule has 0 rings (SSSR count). The van der Waals surface area contributed by atoms with E-state index in [1.165, 1.54) is 31.0 Å². The molecule has 0 aromatic rings. The van der Waals surface area contributed by atoms with E-state index in [1.54, 1.807) is 0 Å². The molecule has 0 aliphatic carbocycles. The lowest BCUT2D eigenvalue weighted by Gasteiger charge is -2.31. The smallest absolute Gasteiger partial charge is 0.00726 e. The van der Waals surface area contributed by atoms with E-state index < -0.39 is 0 Å². The molecule has 0 atom stereocenters. The second kappa shape index (κ2) is 8.43. The first kappa shape index (κ1) is 15.3. The third-order valence-corrected chi connectivity index (χ3v) is 3.38. The van der Waals surface area contributed by atoms with Crippen LogP contribution in [0.3, 0.4) is 0 Å². The zero-order chi connectivity index (χ0) is 11.7. The van der Waals surface area contributed by atoms with Crippen molar-refractivity contribution >= 4 is 11.8 Å². The third-order valence-electron chi connectivity index (χ3n) is 2.50. The van der Waals surface area contributed by atoms with E-state index in [9.17, 15) is 0 Å². The first-order chi connectivity index (χ1) is 7.05. The highest BCUT2D eigenvalue weighted by Crippen LogP contribution is 2.15. The monoisotopic (exact) mass is 232 g/mol. The quantitative estimate of drug-likeness (QED) is 0.619. The van der Waals surface area contributed by atoms with Gasteiger partial charge in [0.1, 0.15) is 0 Å². The van der Waals surface area contributed by atoms with Gasteiger partial charge in [0.2, 0.25) is 0 Å². The molecule has 0 aromatic carbocycles. The van der Waals surface area contributed by atoms with Gasteiger partial charge in [0, 0.05) is 18.8 Å². The molecule has 15 heavy (non-hydrogen) atoms. The minimum Gasteiger partial charge on any atom is -0.330 e. The summed E-state index contributed by atoms with van der Waals surface area (Å²) < 4.78 is 0. The maximum Gasteiger partial charge on any atom is 0.00726 e. The van der Waals surface area contributed by atoms with Crippen LogP contribution in [0.15, 0.2) is 0 Å². The van der Waals surface area contributed by atoms with Crippen molar-refractivity contribution < 1.29 is 0 Å². The molecule has 0 aliphatic heterocycles. The summed E-state index contributed by atoms with van der Waals surface area (Å²) in [6, 6.07) is 0. The van der Waals surface area contributed by atoms with Crippen molar-refractivity contribution in [3.8, 4) is 0 Å². The fraction of sp³-hybridized carbons (Fsp3) is 1.00. The number of nitrogens with zero attached hydrogens (tertiary/aromatic N) is 1. The van der Waals surface area contributed by atoms with Gasteiger partial charge >= 0.3 is 0 Å². The van der Waals surface area contributed by atoms with Crippen LogP contribution in [-0.2, 0) is 0 Å². The number of hydrogen-bond donors (Lipinski definition) is 1. The minimum absolute atomic E-state index is 0.256. The molecule has 92 valence electrons. The van der Waals surface area contributed by atoms with Gasteiger partial charge in [-0.15, -0.1) is 0 Å². The second-order valence-corrected chi connectivity index (χ2v) is 6.24. The van der Waals surface area contributed by atoms with Crippen LogP contribution < -0.4 is 5.73 Å². The molecule has 0 spiro atoms. The van der Waals surface area contributed by atoms with Gasteiger partial charge in [0.05, 0.1) is 0 Å². The number of nitrogens with two attached hydrogens (primary N) is 1. The van der Waals surface area contributed by atoms with Crippen molar-refractivity contribution in [3.05, 3.63) is 0 Å². The SMILES string of the molecule is CCCN(CCSCC)CC(C)(C)CN. The first-order valence-corrected chi connectivity index (χ1v) is 7.21. The molecule has 0 aromatic heterocycles. The standard InChI is InChI=1S/C12H28N2S/c1-5-7-14(8-9-15-6-2)11-12(3,4)10-13/h5-11,13H2,1-4H3. The molecule has 0 unspecified atom stereocenters. The summed E-state index contributed by atoms with van der Waals surface area (Å²) in [5.74, 6) is 2.47. The summed E-state index contributed by atoms with van der Waals surface area (Å²) in [5, 5.41) is 0. The van der Waals surface area contributed by atoms with E-state index >= 15 is 0 Å². The normalized spacial score (nSPS) is 12.4. The molecule has 3 heteroatoms. The Morgan fingerprint density at radius 2 is 1.87 bits per heavy atom. The predicted octanol–water partition coefficient (Wildman–Crippen LogP) is 2.44. The van der Waals surface area contributed by atoms with Crippen molar-refractivity contribution in [2.75, 3.05) is 37.7 Å². The highest BCUT2D eigenvalue weighted by atomic mass is 32.2. The molecule has 0 fully saturated rings. The molecule has 0 radical (unpaired) electrons. The van der Waals surface area contributed by atoms with Crippen molar-refractivity contribution in [2.24, 2.45) is 11.1 Å². The Hall–Kier alpha value is 0.270. The van der Waals surface area contributed by atoms with Gasteiger partial charge in [0.15, 0.2) is 0 Å². The minimum atomic E-state index is 0.256. The maximum atomic E-state index is 5.77. The Balaban J connectivity index is 3.91. The molecule has 0 bridgehead atoms. The van der Waals surface area contributed by atoms with E-state index in [4.69, 9.17) is 5.73 Å². The van der Waals surface area contributed by atoms with Crippen LogP contribution in [0.25, 0.3) is 0 Å². The van der Waals surface area contributed by atoms with Crippen molar-refractivity contribution in [2.45, 2.75) is 34.1 Å². The van der Waals surface area contributed by atoms with Crippen molar-refractivity contribution in [3.63, 3.8) is 0 Å². The highest BCUT2D eigenvalue weighted by Gasteiger charge is 2.19. The fourth-order valence-electron chi connectivity index (χ4n) is 1.59. The lowest BCUT2D eigenvalue weighted by molar-refractivity contribution is 0.192. The summed E-state index contributed by atoms with van der Waals surface area (Å²) in [4.78, 5) is 2.55. The van der Waals surface area contributed by atoms with Gasteiger partial charge < -0.3 is 10.6 Å². The topological polar surface area (TPSA) is 29.3 Å². The molecular formula is C12H28N2S. The average Bonchev–Trinajstić information content (AvgIpc) is 2.18. The van der Waals surface area contributed by atoms with E-state index in [-0.39, 0.29) is 5.41 Å². The Morgan fingerprint density at radius 1 is 1.20 bits per heavy atom. The summed E-state index contributed by atoms with van der Waals surface area (Å²) in [7, 11) is 0. The molecule has 2 nitrogen and oxygen atoms in total. The van der Waals surface area contributed by atoms with Crippen LogP contribution in [0.1, 0.15) is 34.1 Å². The van der Waals surface area contributed by atoms with Crippen LogP contribution in [0.5, 0.6) is 0 Å². The molecule has 0 saturated carbocycles. The average molecular weight is 232 g/mol. The van der Waals surface area contributed by atoms with E-state index in [2.05, 4.69) is 32.6 Å². The molecule has 0 amide bonds. The van der Waals surface area contributed by atoms with Crippen LogP contribution in [0, 0.1) is 5.41 Å². The molecule has 2 N–H and O–H groups in total. The Labute approximate surface area is 100.0 Å². The second-order valence-electron chi connectivity index (χ2n) is 4.84. The van der Waals surface area contributed by atoms with Crippen LogP contribution in [0.4, 0.5) is 0 Å². The van der Waals surface area contributed by atoms with Gasteiger partial charge in [0.25, 0.3) is 0 Å². The van der Waals surface area contributed by atoms with Gasteiger partial charge in [-0.1, -0.05) is 27.7 Å². The van der Waals surface area contributed by atoms with E-state index in [1.807, 2.05) is 11.8 Å². The lowest BCUT2D eigenvalue weighted by atomic mass is 9.93. The van der Waals surface area contributed by atoms with E-state index in [0.29, 0.717) is 0 Å². The van der Waals surface area contributed by atoms with Gasteiger partial charge in [-0.2, -0.15) is 11.8 Å². The molecular weight excluding hydrogens is 204 g/mol. The summed E-state index contributed by atoms with van der Waals surface area (Å²) in [6.07, 6.45) is 1.23. The third kappa shape index (κ3) is 8.12. The van der Waals surface area contributed by atoms with Crippen LogP contribution in [0.2, 0.25) is 0 Å². The Kier molecular flexibility index (Phi) is 8.58. The lowest BCUT2D eigenvalue weighted by Crippen LogP contribution is -2.40. The van der Waals surface area contributed by atoms with Gasteiger partial charge in [-0.05, 0) is 30.7 Å². The van der Waals surface area contributed by atoms with Crippen molar-refractivity contribution in [1.82, 2.24) is 4.90 Å². The zero-order valence-electron chi connectivity index (χ0n) is 10.9. The fourth-order valence-corrected chi connectivity index (χ4v) is 2.27. The predicted molar refractivity (Wildman–Crippen MR) is 72.6 cm³/mol. The number of thioether (sulfide) groups is 1. The van der Waals surface area contributed by atoms with Crippen LogP contribution >= 0.6 is 11.8 Å². The van der Waals surface area contributed by atoms with Gasteiger partial charge in [-0.3, -0.25) is 0 Å². The number of rotatable bonds is 9.